The Kier molecular flexibility index (Phi) is 3.63. The predicted molar refractivity (Wildman–Crippen MR) is 76.9 cm³/mol. The molecule has 0 aromatic carbocycles. The topological polar surface area (TPSA) is 42.7 Å². The summed E-state index contributed by atoms with van der Waals surface area (Å²) >= 11 is 1.84. The van der Waals surface area contributed by atoms with Gasteiger partial charge in [0.25, 0.3) is 0 Å². The zero-order chi connectivity index (χ0) is 14.1. The number of rotatable bonds is 3. The van der Waals surface area contributed by atoms with Gasteiger partial charge in [-0.2, -0.15) is 0 Å². The summed E-state index contributed by atoms with van der Waals surface area (Å²) in [5, 5.41) is 2.16. The third-order valence-corrected chi connectivity index (χ3v) is 4.81. The average Bonchev–Trinajstić information content (AvgIpc) is 3.10. The molecule has 1 aliphatic rings. The van der Waals surface area contributed by atoms with E-state index in [1.54, 1.807) is 6.07 Å². The van der Waals surface area contributed by atoms with E-state index in [1.807, 2.05) is 17.4 Å². The monoisotopic (exact) mass is 291 g/mol. The Labute approximate surface area is 122 Å². The predicted octanol–water partition coefficient (Wildman–Crippen LogP) is 3.25. The van der Waals surface area contributed by atoms with Crippen LogP contribution in [0.3, 0.4) is 0 Å². The largest absolute Gasteiger partial charge is 0.463 e. The first-order chi connectivity index (χ1) is 9.69. The second kappa shape index (κ2) is 5.42. The van der Waals surface area contributed by atoms with Crippen molar-refractivity contribution in [3.63, 3.8) is 0 Å². The highest BCUT2D eigenvalue weighted by Crippen LogP contribution is 2.33. The molecule has 2 aromatic rings. The first-order valence-electron chi connectivity index (χ1n) is 6.66. The molecule has 0 saturated heterocycles. The number of esters is 1. The van der Waals surface area contributed by atoms with Crippen LogP contribution >= 0.6 is 11.3 Å². The smallest absolute Gasteiger partial charge is 0.373 e. The molecule has 5 heteroatoms. The number of thiophene rings is 1. The van der Waals surface area contributed by atoms with Crippen molar-refractivity contribution in [2.75, 3.05) is 13.7 Å². The molecular formula is C15H17NO3S. The summed E-state index contributed by atoms with van der Waals surface area (Å²) in [5.41, 5.74) is 1.42. The zero-order valence-electron chi connectivity index (χ0n) is 11.6. The van der Waals surface area contributed by atoms with Gasteiger partial charge in [0.05, 0.1) is 13.7 Å². The van der Waals surface area contributed by atoms with Crippen molar-refractivity contribution >= 4 is 17.3 Å². The van der Waals surface area contributed by atoms with E-state index < -0.39 is 5.97 Å². The molecule has 0 aliphatic carbocycles. The lowest BCUT2D eigenvalue weighted by atomic mass is 10.0. The summed E-state index contributed by atoms with van der Waals surface area (Å²) in [6.45, 7) is 3.95. The van der Waals surface area contributed by atoms with Crippen molar-refractivity contribution in [2.45, 2.75) is 25.9 Å². The van der Waals surface area contributed by atoms with Crippen LogP contribution in [0.4, 0.5) is 0 Å². The maximum atomic E-state index is 11.4. The number of furan rings is 1. The molecule has 0 bridgehead atoms. The maximum Gasteiger partial charge on any atom is 0.373 e. The Morgan fingerprint density at radius 1 is 1.50 bits per heavy atom. The minimum absolute atomic E-state index is 0.267. The van der Waals surface area contributed by atoms with E-state index in [0.29, 0.717) is 12.6 Å². The van der Waals surface area contributed by atoms with Gasteiger partial charge in [-0.15, -0.1) is 11.3 Å². The van der Waals surface area contributed by atoms with E-state index in [4.69, 9.17) is 4.42 Å². The van der Waals surface area contributed by atoms with Gasteiger partial charge in [0.1, 0.15) is 5.76 Å². The van der Waals surface area contributed by atoms with Crippen molar-refractivity contribution in [1.82, 2.24) is 4.90 Å². The standard InChI is InChI=1S/C15H17NO3S/c1-10-12-6-8-20-14(12)5-7-16(10)9-11-3-4-13(19-11)15(17)18-2/h3-4,6,8,10H,5,7,9H2,1-2H3/t10-/m0/s1. The molecule has 106 valence electrons. The van der Waals surface area contributed by atoms with Gasteiger partial charge in [-0.1, -0.05) is 0 Å². The molecule has 4 nitrogen and oxygen atoms in total. The first kappa shape index (κ1) is 13.4. The van der Waals surface area contributed by atoms with Crippen molar-refractivity contribution in [2.24, 2.45) is 0 Å². The molecule has 0 fully saturated rings. The molecule has 1 atom stereocenters. The summed E-state index contributed by atoms with van der Waals surface area (Å²) < 4.78 is 10.2. The van der Waals surface area contributed by atoms with Crippen molar-refractivity contribution in [3.8, 4) is 0 Å². The molecule has 1 aliphatic heterocycles. The van der Waals surface area contributed by atoms with Crippen LogP contribution < -0.4 is 0 Å². The van der Waals surface area contributed by atoms with Gasteiger partial charge in [-0.05, 0) is 42.5 Å². The molecule has 20 heavy (non-hydrogen) atoms. The van der Waals surface area contributed by atoms with Gasteiger partial charge in [0, 0.05) is 17.5 Å². The van der Waals surface area contributed by atoms with Gasteiger partial charge >= 0.3 is 5.97 Å². The fourth-order valence-electron chi connectivity index (χ4n) is 2.65. The molecule has 0 unspecified atom stereocenters. The highest BCUT2D eigenvalue weighted by atomic mass is 32.1. The van der Waals surface area contributed by atoms with Gasteiger partial charge in [0.15, 0.2) is 0 Å². The van der Waals surface area contributed by atoms with E-state index >= 15 is 0 Å². The summed E-state index contributed by atoms with van der Waals surface area (Å²) in [6, 6.07) is 6.11. The average molecular weight is 291 g/mol. The normalized spacial score (nSPS) is 18.8. The summed E-state index contributed by atoms with van der Waals surface area (Å²) in [4.78, 5) is 15.2. The number of carbonyl (C=O) groups is 1. The molecule has 0 N–H and O–H groups in total. The van der Waals surface area contributed by atoms with Crippen LogP contribution in [0, 0.1) is 0 Å². The number of hydrogen-bond acceptors (Lipinski definition) is 5. The van der Waals surface area contributed by atoms with Crippen LogP contribution in [-0.4, -0.2) is 24.5 Å². The third-order valence-electron chi connectivity index (χ3n) is 3.81. The van der Waals surface area contributed by atoms with Crippen LogP contribution in [0.15, 0.2) is 28.0 Å². The minimum atomic E-state index is -0.428. The lowest BCUT2D eigenvalue weighted by Gasteiger charge is -2.32. The molecular weight excluding hydrogens is 274 g/mol. The Balaban J connectivity index is 1.73. The van der Waals surface area contributed by atoms with E-state index in [-0.39, 0.29) is 5.76 Å². The van der Waals surface area contributed by atoms with Gasteiger partial charge in [-0.3, -0.25) is 4.90 Å². The fourth-order valence-corrected chi connectivity index (χ4v) is 3.61. The molecule has 0 saturated carbocycles. The SMILES string of the molecule is COC(=O)c1ccc(CN2CCc3sccc3[C@@H]2C)o1. The number of ether oxygens (including phenoxy) is 1. The van der Waals surface area contributed by atoms with Crippen LogP contribution in [0.2, 0.25) is 0 Å². The van der Waals surface area contributed by atoms with Crippen molar-refractivity contribution < 1.29 is 13.9 Å². The zero-order valence-corrected chi connectivity index (χ0v) is 12.4. The molecule has 2 aromatic heterocycles. The lowest BCUT2D eigenvalue weighted by molar-refractivity contribution is 0.0560. The Morgan fingerprint density at radius 3 is 3.15 bits per heavy atom. The van der Waals surface area contributed by atoms with Crippen molar-refractivity contribution in [3.05, 3.63) is 45.5 Å². The number of methoxy groups -OCH3 is 1. The van der Waals surface area contributed by atoms with E-state index in [2.05, 4.69) is 28.0 Å². The number of fused-ring (bicyclic) bond motifs is 1. The second-order valence-corrected chi connectivity index (χ2v) is 5.95. The van der Waals surface area contributed by atoms with Gasteiger partial charge < -0.3 is 9.15 Å². The van der Waals surface area contributed by atoms with Crippen LogP contribution in [0.1, 0.15) is 39.7 Å². The van der Waals surface area contributed by atoms with E-state index in [0.717, 1.165) is 18.7 Å². The van der Waals surface area contributed by atoms with E-state index in [9.17, 15) is 4.79 Å². The fraction of sp³-hybridized carbons (Fsp3) is 0.400. The highest BCUT2D eigenvalue weighted by molar-refractivity contribution is 7.10. The quantitative estimate of drug-likeness (QED) is 0.814. The molecule has 0 radical (unpaired) electrons. The third kappa shape index (κ3) is 2.39. The summed E-state index contributed by atoms with van der Waals surface area (Å²) in [7, 11) is 1.36. The second-order valence-electron chi connectivity index (χ2n) is 4.95. The lowest BCUT2D eigenvalue weighted by Crippen LogP contribution is -2.32. The minimum Gasteiger partial charge on any atom is -0.463 e. The number of hydrogen-bond donors (Lipinski definition) is 0. The van der Waals surface area contributed by atoms with Gasteiger partial charge in [-0.25, -0.2) is 4.79 Å². The van der Waals surface area contributed by atoms with Crippen molar-refractivity contribution in [1.29, 1.82) is 0 Å². The van der Waals surface area contributed by atoms with Crippen LogP contribution in [-0.2, 0) is 17.7 Å². The maximum absolute atomic E-state index is 11.4. The summed E-state index contributed by atoms with van der Waals surface area (Å²) in [5.74, 6) is 0.641. The highest BCUT2D eigenvalue weighted by Gasteiger charge is 2.25. The Bertz CT molecular complexity index is 616. The summed E-state index contributed by atoms with van der Waals surface area (Å²) in [6.07, 6.45) is 1.09. The molecule has 3 rings (SSSR count). The van der Waals surface area contributed by atoms with Crippen LogP contribution in [0.5, 0.6) is 0 Å². The Hall–Kier alpha value is -1.59. The number of carbonyl (C=O) groups excluding carboxylic acids is 1. The van der Waals surface area contributed by atoms with Gasteiger partial charge in [0.2, 0.25) is 5.76 Å². The number of nitrogens with zero attached hydrogens (tertiary/aromatic N) is 1. The Morgan fingerprint density at radius 2 is 2.35 bits per heavy atom. The molecule has 0 spiro atoms. The molecule has 0 amide bonds. The first-order valence-corrected chi connectivity index (χ1v) is 7.54. The molecule has 3 heterocycles. The van der Waals surface area contributed by atoms with Crippen LogP contribution in [0.25, 0.3) is 0 Å². The van der Waals surface area contributed by atoms with E-state index in [1.165, 1.54) is 17.6 Å².